The number of nitrogens with zero attached hydrogens (tertiary/aromatic N) is 1. The first-order valence-electron chi connectivity index (χ1n) is 11.4. The fourth-order valence-electron chi connectivity index (χ4n) is 4.04. The lowest BCUT2D eigenvalue weighted by molar-refractivity contribution is 0.290. The number of ether oxygens (including phenoxy) is 1. The molecule has 0 atom stereocenters. The molecule has 4 aromatic carbocycles. The fourth-order valence-corrected chi connectivity index (χ4v) is 6.98. The smallest absolute Gasteiger partial charge is 0.265 e. The summed E-state index contributed by atoms with van der Waals surface area (Å²) in [5, 5.41) is 1.62. The second kappa shape index (κ2) is 10.1. The molecule has 0 aliphatic rings. The average Bonchev–Trinajstić information content (AvgIpc) is 3.23. The molecule has 0 radical (unpaired) electrons. The predicted molar refractivity (Wildman–Crippen MR) is 144 cm³/mol. The highest BCUT2D eigenvalue weighted by Gasteiger charge is 2.29. The van der Waals surface area contributed by atoms with Crippen LogP contribution in [0, 0.1) is 12.7 Å². The zero-order valence-corrected chi connectivity index (χ0v) is 21.2. The van der Waals surface area contributed by atoms with Gasteiger partial charge in [-0.15, -0.1) is 11.3 Å². The molecule has 0 spiro atoms. The maximum atomic E-state index is 15.0. The lowest BCUT2D eigenvalue weighted by Crippen LogP contribution is -2.30. The van der Waals surface area contributed by atoms with Gasteiger partial charge in [-0.05, 0) is 53.3 Å². The molecule has 0 unspecified atom stereocenters. The zero-order chi connectivity index (χ0) is 25.1. The molecular weight excluding hydrogens is 493 g/mol. The van der Waals surface area contributed by atoms with Gasteiger partial charge >= 0.3 is 0 Å². The first-order chi connectivity index (χ1) is 17.4. The Morgan fingerprint density at radius 3 is 2.14 bits per heavy atom. The Labute approximate surface area is 214 Å². The van der Waals surface area contributed by atoms with Gasteiger partial charge in [0.25, 0.3) is 10.0 Å². The lowest BCUT2D eigenvalue weighted by Gasteiger charge is -2.24. The van der Waals surface area contributed by atoms with Crippen molar-refractivity contribution in [3.63, 3.8) is 0 Å². The molecule has 5 aromatic rings. The highest BCUT2D eigenvalue weighted by atomic mass is 32.2. The van der Waals surface area contributed by atoms with Crippen LogP contribution in [0.2, 0.25) is 0 Å². The summed E-state index contributed by atoms with van der Waals surface area (Å²) in [6.07, 6.45) is 0. The van der Waals surface area contributed by atoms with Crippen molar-refractivity contribution >= 4 is 36.4 Å². The molecule has 5 rings (SSSR count). The van der Waals surface area contributed by atoms with Crippen LogP contribution in [0.15, 0.2) is 108 Å². The van der Waals surface area contributed by atoms with Crippen molar-refractivity contribution in [3.8, 4) is 5.75 Å². The molecule has 0 aliphatic heterocycles. The number of aryl methyl sites for hydroxylation is 1. The number of benzene rings is 4. The van der Waals surface area contributed by atoms with Crippen molar-refractivity contribution < 1.29 is 17.5 Å². The first kappa shape index (κ1) is 24.0. The maximum absolute atomic E-state index is 15.0. The van der Waals surface area contributed by atoms with Gasteiger partial charge < -0.3 is 4.74 Å². The van der Waals surface area contributed by atoms with E-state index in [1.54, 1.807) is 0 Å². The summed E-state index contributed by atoms with van der Waals surface area (Å²) in [4.78, 5) is -0.125. The molecule has 0 saturated heterocycles. The number of sulfonamides is 1. The van der Waals surface area contributed by atoms with Crippen molar-refractivity contribution in [1.82, 2.24) is 0 Å². The Morgan fingerprint density at radius 2 is 1.47 bits per heavy atom. The highest BCUT2D eigenvalue weighted by Crippen LogP contribution is 2.41. The monoisotopic (exact) mass is 517 g/mol. The average molecular weight is 518 g/mol. The number of hydrogen-bond acceptors (Lipinski definition) is 4. The quantitative estimate of drug-likeness (QED) is 0.217. The number of rotatable bonds is 8. The van der Waals surface area contributed by atoms with Crippen LogP contribution < -0.4 is 9.04 Å². The minimum absolute atomic E-state index is 0.00505. The molecule has 1 heterocycles. The van der Waals surface area contributed by atoms with E-state index in [0.29, 0.717) is 5.00 Å². The Hall–Kier alpha value is -3.68. The first-order valence-corrected chi connectivity index (χ1v) is 13.7. The second-order valence-corrected chi connectivity index (χ2v) is 11.3. The van der Waals surface area contributed by atoms with Crippen LogP contribution in [0.1, 0.15) is 16.7 Å². The molecule has 182 valence electrons. The van der Waals surface area contributed by atoms with Gasteiger partial charge in [0.05, 0.1) is 11.4 Å². The Balaban J connectivity index is 1.51. The van der Waals surface area contributed by atoms with E-state index in [1.165, 1.54) is 27.8 Å². The molecule has 0 fully saturated rings. The van der Waals surface area contributed by atoms with Crippen LogP contribution in [-0.2, 0) is 23.2 Å². The Morgan fingerprint density at radius 1 is 0.833 bits per heavy atom. The summed E-state index contributed by atoms with van der Waals surface area (Å²) in [6.45, 7) is 2.23. The minimum Gasteiger partial charge on any atom is -0.486 e. The predicted octanol–water partition coefficient (Wildman–Crippen LogP) is 7.32. The fraction of sp³-hybridized carbons (Fsp3) is 0.103. The third kappa shape index (κ3) is 4.85. The molecule has 1 aromatic heterocycles. The molecular formula is C29H24FNO3S2. The summed E-state index contributed by atoms with van der Waals surface area (Å²) >= 11 is 1.41. The molecule has 0 amide bonds. The third-order valence-electron chi connectivity index (χ3n) is 5.94. The van der Waals surface area contributed by atoms with Crippen LogP contribution in [0.5, 0.6) is 5.75 Å². The second-order valence-electron chi connectivity index (χ2n) is 8.39. The van der Waals surface area contributed by atoms with E-state index in [2.05, 4.69) is 0 Å². The van der Waals surface area contributed by atoms with E-state index < -0.39 is 15.8 Å². The van der Waals surface area contributed by atoms with E-state index in [0.717, 1.165) is 32.8 Å². The summed E-state index contributed by atoms with van der Waals surface area (Å²) in [5.74, 6) is -0.717. The lowest BCUT2D eigenvalue weighted by atomic mass is 10.2. The van der Waals surface area contributed by atoms with Gasteiger partial charge in [-0.1, -0.05) is 78.9 Å². The number of halogens is 1. The van der Waals surface area contributed by atoms with Crippen LogP contribution >= 0.6 is 11.3 Å². The van der Waals surface area contributed by atoms with E-state index in [1.807, 2.05) is 91.9 Å². The van der Waals surface area contributed by atoms with Crippen molar-refractivity contribution in [3.05, 3.63) is 126 Å². The Kier molecular flexibility index (Phi) is 6.76. The normalized spacial score (nSPS) is 11.5. The highest BCUT2D eigenvalue weighted by molar-refractivity contribution is 7.93. The largest absolute Gasteiger partial charge is 0.486 e. The van der Waals surface area contributed by atoms with Gasteiger partial charge in [0.15, 0.2) is 11.6 Å². The number of anilines is 1. The van der Waals surface area contributed by atoms with Gasteiger partial charge in [0, 0.05) is 4.70 Å². The van der Waals surface area contributed by atoms with Crippen molar-refractivity contribution in [2.45, 2.75) is 25.0 Å². The molecule has 36 heavy (non-hydrogen) atoms. The van der Waals surface area contributed by atoms with E-state index in [9.17, 15) is 8.42 Å². The standard InChI is InChI=1S/C29H24FNO3S2/c1-21-25-14-8-9-15-28(25)35-29(21)31(19-22-10-4-2-5-11-22)36(32,33)24-16-17-27(26(30)18-24)34-20-23-12-6-3-7-13-23/h2-18H,19-20H2,1H3. The van der Waals surface area contributed by atoms with Gasteiger partial charge in [-0.2, -0.15) is 0 Å². The van der Waals surface area contributed by atoms with Gasteiger partial charge in [0.1, 0.15) is 11.6 Å². The summed E-state index contributed by atoms with van der Waals surface area (Å²) in [6, 6.07) is 30.4. The molecule has 0 N–H and O–H groups in total. The molecule has 0 aliphatic carbocycles. The van der Waals surface area contributed by atoms with Gasteiger partial charge in [0.2, 0.25) is 0 Å². The molecule has 0 saturated carbocycles. The van der Waals surface area contributed by atoms with Gasteiger partial charge in [-0.3, -0.25) is 4.31 Å². The van der Waals surface area contributed by atoms with E-state index in [-0.39, 0.29) is 23.8 Å². The van der Waals surface area contributed by atoms with Crippen LogP contribution in [0.3, 0.4) is 0 Å². The van der Waals surface area contributed by atoms with Crippen molar-refractivity contribution in [1.29, 1.82) is 0 Å². The SMILES string of the molecule is Cc1c(N(Cc2ccccc2)S(=O)(=O)c2ccc(OCc3ccccc3)c(F)c2)sc2ccccc12. The van der Waals surface area contributed by atoms with Crippen LogP contribution in [0.25, 0.3) is 10.1 Å². The molecule has 0 bridgehead atoms. The molecule has 4 nitrogen and oxygen atoms in total. The maximum Gasteiger partial charge on any atom is 0.265 e. The van der Waals surface area contributed by atoms with Crippen LogP contribution in [-0.4, -0.2) is 8.42 Å². The Bertz CT molecular complexity index is 1600. The minimum atomic E-state index is -4.08. The van der Waals surface area contributed by atoms with E-state index in [4.69, 9.17) is 4.74 Å². The summed E-state index contributed by atoms with van der Waals surface area (Å²) in [7, 11) is -4.08. The van der Waals surface area contributed by atoms with Crippen molar-refractivity contribution in [2.75, 3.05) is 4.31 Å². The van der Waals surface area contributed by atoms with Crippen molar-refractivity contribution in [2.24, 2.45) is 0 Å². The topological polar surface area (TPSA) is 46.6 Å². The van der Waals surface area contributed by atoms with E-state index >= 15 is 4.39 Å². The zero-order valence-electron chi connectivity index (χ0n) is 19.6. The van der Waals surface area contributed by atoms with Gasteiger partial charge in [-0.25, -0.2) is 12.8 Å². The number of thiophene rings is 1. The number of hydrogen-bond donors (Lipinski definition) is 0. The molecule has 7 heteroatoms. The van der Waals surface area contributed by atoms with Crippen LogP contribution in [0.4, 0.5) is 9.39 Å². The summed E-state index contributed by atoms with van der Waals surface area (Å²) < 4.78 is 50.9. The third-order valence-corrected chi connectivity index (χ3v) is 9.10. The number of fused-ring (bicyclic) bond motifs is 1. The summed E-state index contributed by atoms with van der Waals surface area (Å²) in [5.41, 5.74) is 2.60.